The highest BCUT2D eigenvalue weighted by atomic mass is 16.5. The van der Waals surface area contributed by atoms with Crippen LogP contribution in [0.1, 0.15) is 32.6 Å². The minimum Gasteiger partial charge on any atom is -0.384 e. The number of methoxy groups -OCH3 is 1. The van der Waals surface area contributed by atoms with E-state index in [4.69, 9.17) is 4.74 Å². The number of nitrogens with zero attached hydrogens (tertiary/aromatic N) is 1. The number of piperidine rings is 1. The van der Waals surface area contributed by atoms with Gasteiger partial charge < -0.3 is 9.64 Å². The van der Waals surface area contributed by atoms with Gasteiger partial charge >= 0.3 is 0 Å². The van der Waals surface area contributed by atoms with Crippen LogP contribution in [0.15, 0.2) is 0 Å². The van der Waals surface area contributed by atoms with Crippen molar-refractivity contribution in [2.75, 3.05) is 27.3 Å². The molecule has 0 unspecified atom stereocenters. The zero-order valence-electron chi connectivity index (χ0n) is 9.25. The molecule has 0 aromatic carbocycles. The van der Waals surface area contributed by atoms with Crippen molar-refractivity contribution in [1.82, 2.24) is 4.90 Å². The third kappa shape index (κ3) is 2.96. The maximum atomic E-state index is 5.27. The molecule has 2 nitrogen and oxygen atoms in total. The average molecular weight is 185 g/mol. The molecular weight excluding hydrogens is 162 g/mol. The van der Waals surface area contributed by atoms with Crippen LogP contribution < -0.4 is 0 Å². The van der Waals surface area contributed by atoms with Crippen molar-refractivity contribution in [3.8, 4) is 0 Å². The molecule has 1 aliphatic rings. The van der Waals surface area contributed by atoms with Crippen LogP contribution in [-0.4, -0.2) is 38.3 Å². The van der Waals surface area contributed by atoms with Gasteiger partial charge in [0.25, 0.3) is 0 Å². The van der Waals surface area contributed by atoms with Crippen LogP contribution in [0.2, 0.25) is 0 Å². The number of ether oxygens (including phenoxy) is 1. The van der Waals surface area contributed by atoms with Gasteiger partial charge in [0.2, 0.25) is 0 Å². The Labute approximate surface area is 82.3 Å². The van der Waals surface area contributed by atoms with E-state index in [1.807, 2.05) is 7.11 Å². The Hall–Kier alpha value is -0.0800. The van der Waals surface area contributed by atoms with Gasteiger partial charge in [-0.05, 0) is 38.8 Å². The third-order valence-corrected chi connectivity index (χ3v) is 3.28. The summed E-state index contributed by atoms with van der Waals surface area (Å²) in [6.07, 6.45) is 5.37. The Balaban J connectivity index is 2.44. The van der Waals surface area contributed by atoms with Crippen LogP contribution in [0.3, 0.4) is 0 Å². The van der Waals surface area contributed by atoms with Crippen LogP contribution in [0.4, 0.5) is 0 Å². The van der Waals surface area contributed by atoms with Gasteiger partial charge in [-0.1, -0.05) is 13.3 Å². The van der Waals surface area contributed by atoms with Crippen LogP contribution in [0.5, 0.6) is 0 Å². The van der Waals surface area contributed by atoms with Gasteiger partial charge in [-0.15, -0.1) is 0 Å². The monoisotopic (exact) mass is 185 g/mol. The molecule has 0 radical (unpaired) electrons. The van der Waals surface area contributed by atoms with Crippen LogP contribution in [0, 0.1) is 5.92 Å². The summed E-state index contributed by atoms with van der Waals surface area (Å²) in [7, 11) is 4.06. The largest absolute Gasteiger partial charge is 0.384 e. The van der Waals surface area contributed by atoms with E-state index in [0.29, 0.717) is 0 Å². The molecule has 78 valence electrons. The van der Waals surface area contributed by atoms with Gasteiger partial charge in [-0.2, -0.15) is 0 Å². The van der Waals surface area contributed by atoms with Gasteiger partial charge in [-0.3, -0.25) is 0 Å². The smallest absolute Gasteiger partial charge is 0.0505 e. The lowest BCUT2D eigenvalue weighted by Crippen LogP contribution is -2.42. The molecule has 0 spiro atoms. The molecule has 1 heterocycles. The number of likely N-dealkylation sites (tertiary alicyclic amines) is 1. The fraction of sp³-hybridized carbons (Fsp3) is 1.00. The Kier molecular flexibility index (Phi) is 4.74. The van der Waals surface area contributed by atoms with Gasteiger partial charge in [-0.25, -0.2) is 0 Å². The Morgan fingerprint density at radius 3 is 2.77 bits per heavy atom. The molecule has 0 saturated carbocycles. The number of rotatable bonds is 4. The molecule has 2 heteroatoms. The Bertz CT molecular complexity index is 138. The summed E-state index contributed by atoms with van der Waals surface area (Å²) in [6.45, 7) is 4.46. The predicted molar refractivity (Wildman–Crippen MR) is 55.9 cm³/mol. The summed E-state index contributed by atoms with van der Waals surface area (Å²) >= 11 is 0. The molecule has 13 heavy (non-hydrogen) atoms. The lowest BCUT2D eigenvalue weighted by molar-refractivity contribution is 0.0637. The van der Waals surface area contributed by atoms with Crippen molar-refractivity contribution in [2.45, 2.75) is 38.6 Å². The maximum absolute atomic E-state index is 5.27. The molecule has 1 rings (SSSR count). The molecule has 1 saturated heterocycles. The van der Waals surface area contributed by atoms with Crippen molar-refractivity contribution < 1.29 is 4.74 Å². The zero-order chi connectivity index (χ0) is 9.68. The van der Waals surface area contributed by atoms with E-state index in [-0.39, 0.29) is 0 Å². The summed E-state index contributed by atoms with van der Waals surface area (Å²) in [4.78, 5) is 2.51. The van der Waals surface area contributed by atoms with Crippen molar-refractivity contribution in [1.29, 1.82) is 0 Å². The van der Waals surface area contributed by atoms with E-state index < -0.39 is 0 Å². The van der Waals surface area contributed by atoms with Gasteiger partial charge in [0.15, 0.2) is 0 Å². The molecule has 0 aliphatic carbocycles. The second kappa shape index (κ2) is 5.61. The van der Waals surface area contributed by atoms with Crippen LogP contribution in [0.25, 0.3) is 0 Å². The highest BCUT2D eigenvalue weighted by Crippen LogP contribution is 2.24. The highest BCUT2D eigenvalue weighted by molar-refractivity contribution is 4.80. The molecule has 1 aliphatic heterocycles. The van der Waals surface area contributed by atoms with Gasteiger partial charge in [0.05, 0.1) is 6.61 Å². The van der Waals surface area contributed by atoms with Crippen molar-refractivity contribution in [3.05, 3.63) is 0 Å². The van der Waals surface area contributed by atoms with Crippen molar-refractivity contribution >= 4 is 0 Å². The molecule has 0 aromatic heterocycles. The Morgan fingerprint density at radius 1 is 1.46 bits per heavy atom. The fourth-order valence-electron chi connectivity index (χ4n) is 2.41. The molecule has 0 aromatic rings. The number of hydrogen-bond donors (Lipinski definition) is 0. The molecule has 0 N–H and O–H groups in total. The Morgan fingerprint density at radius 2 is 2.23 bits per heavy atom. The minimum absolute atomic E-state index is 0.732. The minimum atomic E-state index is 0.732. The lowest BCUT2D eigenvalue weighted by Gasteiger charge is -2.37. The molecular formula is C11H23NO. The van der Waals surface area contributed by atoms with E-state index in [2.05, 4.69) is 18.9 Å². The van der Waals surface area contributed by atoms with E-state index >= 15 is 0 Å². The highest BCUT2D eigenvalue weighted by Gasteiger charge is 2.25. The summed E-state index contributed by atoms with van der Waals surface area (Å²) in [6, 6.07) is 0.763. The van der Waals surface area contributed by atoms with E-state index in [1.165, 1.54) is 32.2 Å². The third-order valence-electron chi connectivity index (χ3n) is 3.28. The maximum Gasteiger partial charge on any atom is 0.0505 e. The standard InChI is InChI=1S/C11H23NO/c1-4-10(9-13-3)11-7-5-6-8-12(11)2/h10-11H,4-9H2,1-3H3/t10-,11-/m0/s1. The van der Waals surface area contributed by atoms with Crippen molar-refractivity contribution in [3.63, 3.8) is 0 Å². The lowest BCUT2D eigenvalue weighted by atomic mass is 9.89. The van der Waals surface area contributed by atoms with E-state index in [0.717, 1.165) is 18.6 Å². The summed E-state index contributed by atoms with van der Waals surface area (Å²) in [5.74, 6) is 0.732. The normalized spacial score (nSPS) is 27.5. The first-order chi connectivity index (χ1) is 6.29. The van der Waals surface area contributed by atoms with Gasteiger partial charge in [0, 0.05) is 13.2 Å². The average Bonchev–Trinajstić information content (AvgIpc) is 2.16. The molecule has 0 amide bonds. The first-order valence-electron chi connectivity index (χ1n) is 5.48. The predicted octanol–water partition coefficient (Wildman–Crippen LogP) is 2.14. The molecule has 0 bridgehead atoms. The van der Waals surface area contributed by atoms with Crippen LogP contribution >= 0.6 is 0 Å². The first-order valence-corrected chi connectivity index (χ1v) is 5.48. The summed E-state index contributed by atoms with van der Waals surface area (Å²) < 4.78 is 5.27. The topological polar surface area (TPSA) is 12.5 Å². The van der Waals surface area contributed by atoms with Gasteiger partial charge in [0.1, 0.15) is 0 Å². The summed E-state index contributed by atoms with van der Waals surface area (Å²) in [5.41, 5.74) is 0. The van der Waals surface area contributed by atoms with E-state index in [9.17, 15) is 0 Å². The number of hydrogen-bond acceptors (Lipinski definition) is 2. The second-order valence-electron chi connectivity index (χ2n) is 4.17. The molecule has 1 fully saturated rings. The summed E-state index contributed by atoms with van der Waals surface area (Å²) in [5, 5.41) is 0. The van der Waals surface area contributed by atoms with Crippen LogP contribution in [-0.2, 0) is 4.74 Å². The SMILES string of the molecule is CC[C@@H](COC)[C@@H]1CCCCN1C. The fourth-order valence-corrected chi connectivity index (χ4v) is 2.41. The molecule has 2 atom stereocenters. The first kappa shape index (κ1) is 11.0. The van der Waals surface area contributed by atoms with E-state index in [1.54, 1.807) is 0 Å². The quantitative estimate of drug-likeness (QED) is 0.665. The van der Waals surface area contributed by atoms with Crippen molar-refractivity contribution in [2.24, 2.45) is 5.92 Å². The zero-order valence-corrected chi connectivity index (χ0v) is 9.25. The second-order valence-corrected chi connectivity index (χ2v) is 4.17.